The maximum absolute atomic E-state index is 10.4. The molecule has 0 aromatic carbocycles. The average molecular weight is 189 g/mol. The van der Waals surface area contributed by atoms with E-state index in [4.69, 9.17) is 5.11 Å². The summed E-state index contributed by atoms with van der Waals surface area (Å²) < 4.78 is 0. The summed E-state index contributed by atoms with van der Waals surface area (Å²) in [6.07, 6.45) is 4.39. The number of carboxylic acids is 1. The minimum absolute atomic E-state index is 0.209. The van der Waals surface area contributed by atoms with Crippen molar-refractivity contribution in [3.05, 3.63) is 0 Å². The van der Waals surface area contributed by atoms with Crippen molar-refractivity contribution in [1.29, 1.82) is 0 Å². The number of carboxylic acid groups (broad SMARTS) is 1. The number of aliphatic carboxylic acids is 1. The normalized spacial score (nSPS) is 21.1. The van der Waals surface area contributed by atoms with Crippen LogP contribution in [0.2, 0.25) is 0 Å². The van der Waals surface area contributed by atoms with E-state index in [2.05, 4.69) is 6.26 Å². The highest BCUT2D eigenvalue weighted by molar-refractivity contribution is 7.99. The number of thioether (sulfide) groups is 1. The van der Waals surface area contributed by atoms with E-state index in [0.717, 1.165) is 31.2 Å². The number of piperidine rings is 1. The lowest BCUT2D eigenvalue weighted by molar-refractivity contribution is -0.138. The van der Waals surface area contributed by atoms with Crippen LogP contribution >= 0.6 is 11.8 Å². The van der Waals surface area contributed by atoms with Gasteiger partial charge in [0.2, 0.25) is 0 Å². The molecule has 0 radical (unpaired) electrons. The molecular weight excluding hydrogens is 174 g/mol. The Hall–Kier alpha value is -0.220. The maximum Gasteiger partial charge on any atom is 0.317 e. The zero-order chi connectivity index (χ0) is 8.97. The lowest BCUT2D eigenvalue weighted by Gasteiger charge is -2.29. The third kappa shape index (κ3) is 3.03. The van der Waals surface area contributed by atoms with E-state index in [1.54, 1.807) is 0 Å². The van der Waals surface area contributed by atoms with Crippen LogP contribution < -0.4 is 0 Å². The highest BCUT2D eigenvalue weighted by Crippen LogP contribution is 2.20. The fraction of sp³-hybridized carbons (Fsp3) is 0.875. The highest BCUT2D eigenvalue weighted by atomic mass is 32.2. The first kappa shape index (κ1) is 9.86. The summed E-state index contributed by atoms with van der Waals surface area (Å²) in [6, 6.07) is 0. The molecule has 1 aliphatic rings. The second-order valence-corrected chi connectivity index (χ2v) is 4.24. The number of likely N-dealkylation sites (tertiary alicyclic amines) is 1. The zero-order valence-corrected chi connectivity index (χ0v) is 8.14. The van der Waals surface area contributed by atoms with Crippen molar-refractivity contribution in [1.82, 2.24) is 4.90 Å². The van der Waals surface area contributed by atoms with Gasteiger partial charge in [-0.05, 0) is 32.2 Å². The molecule has 1 heterocycles. The molecule has 3 nitrogen and oxygen atoms in total. The molecule has 1 fully saturated rings. The summed E-state index contributed by atoms with van der Waals surface area (Å²) in [4.78, 5) is 12.4. The Morgan fingerprint density at radius 2 is 2.17 bits per heavy atom. The van der Waals surface area contributed by atoms with Gasteiger partial charge in [0, 0.05) is 5.25 Å². The van der Waals surface area contributed by atoms with Crippen molar-refractivity contribution < 1.29 is 9.90 Å². The summed E-state index contributed by atoms with van der Waals surface area (Å²) in [6.45, 7) is 2.09. The average Bonchev–Trinajstić information content (AvgIpc) is 2.05. The van der Waals surface area contributed by atoms with E-state index in [1.807, 2.05) is 16.7 Å². The number of nitrogens with zero attached hydrogens (tertiary/aromatic N) is 1. The molecule has 0 bridgehead atoms. The van der Waals surface area contributed by atoms with Gasteiger partial charge in [0.15, 0.2) is 0 Å². The molecule has 0 aromatic rings. The van der Waals surface area contributed by atoms with Gasteiger partial charge < -0.3 is 5.11 Å². The second kappa shape index (κ2) is 4.72. The van der Waals surface area contributed by atoms with Gasteiger partial charge in [-0.25, -0.2) is 0 Å². The Kier molecular flexibility index (Phi) is 3.88. The largest absolute Gasteiger partial charge is 0.480 e. The summed E-state index contributed by atoms with van der Waals surface area (Å²) in [5.41, 5.74) is 0. The molecule has 12 heavy (non-hydrogen) atoms. The Bertz CT molecular complexity index is 155. The Morgan fingerprint density at radius 3 is 2.58 bits per heavy atom. The first-order valence-electron chi connectivity index (χ1n) is 4.19. The van der Waals surface area contributed by atoms with E-state index >= 15 is 0 Å². The fourth-order valence-electron chi connectivity index (χ4n) is 1.49. The van der Waals surface area contributed by atoms with Gasteiger partial charge in [0.05, 0.1) is 6.54 Å². The van der Waals surface area contributed by atoms with Crippen LogP contribution in [-0.4, -0.2) is 47.1 Å². The molecule has 1 rings (SSSR count). The first-order chi connectivity index (χ1) is 5.72. The van der Waals surface area contributed by atoms with E-state index in [0.29, 0.717) is 0 Å². The van der Waals surface area contributed by atoms with E-state index in [1.165, 1.54) is 0 Å². The number of carbonyl (C=O) groups is 1. The molecule has 0 atom stereocenters. The summed E-state index contributed by atoms with van der Waals surface area (Å²) >= 11 is 1.89. The predicted molar refractivity (Wildman–Crippen MR) is 50.6 cm³/mol. The third-order valence-corrected chi connectivity index (χ3v) is 3.36. The first-order valence-corrected chi connectivity index (χ1v) is 5.48. The predicted octanol–water partition coefficient (Wildman–Crippen LogP) is 0.898. The van der Waals surface area contributed by atoms with Crippen LogP contribution in [0.15, 0.2) is 0 Å². The molecular formula is C8H15NO2S. The fourth-order valence-corrected chi connectivity index (χ4v) is 2.18. The molecule has 0 aliphatic carbocycles. The Morgan fingerprint density at radius 1 is 1.58 bits per heavy atom. The zero-order valence-electron chi connectivity index (χ0n) is 7.32. The number of rotatable bonds is 3. The second-order valence-electron chi connectivity index (χ2n) is 3.10. The third-order valence-electron chi connectivity index (χ3n) is 2.23. The summed E-state index contributed by atoms with van der Waals surface area (Å²) in [5, 5.41) is 9.29. The molecule has 0 unspecified atom stereocenters. The van der Waals surface area contributed by atoms with Crippen LogP contribution in [0, 0.1) is 0 Å². The molecule has 0 aromatic heterocycles. The molecule has 0 spiro atoms. The molecule has 0 saturated carbocycles. The standard InChI is InChI=1S/C8H15NO2S/c1-12-7-2-4-9(5-3-7)6-8(10)11/h7H,2-6H2,1H3,(H,10,11). The van der Waals surface area contributed by atoms with Gasteiger partial charge in [0.25, 0.3) is 0 Å². The minimum atomic E-state index is -0.711. The highest BCUT2D eigenvalue weighted by Gasteiger charge is 2.19. The SMILES string of the molecule is CSC1CCN(CC(=O)O)CC1. The summed E-state index contributed by atoms with van der Waals surface area (Å²) in [5.74, 6) is -0.711. The van der Waals surface area contributed by atoms with Crippen molar-refractivity contribution in [3.63, 3.8) is 0 Å². The molecule has 1 saturated heterocycles. The molecule has 4 heteroatoms. The number of hydrogen-bond donors (Lipinski definition) is 1. The monoisotopic (exact) mass is 189 g/mol. The lowest BCUT2D eigenvalue weighted by Crippen LogP contribution is -2.38. The van der Waals surface area contributed by atoms with Crippen LogP contribution in [0.3, 0.4) is 0 Å². The van der Waals surface area contributed by atoms with Crippen molar-refractivity contribution in [2.45, 2.75) is 18.1 Å². The van der Waals surface area contributed by atoms with Crippen LogP contribution in [0.4, 0.5) is 0 Å². The van der Waals surface area contributed by atoms with Gasteiger partial charge in [0.1, 0.15) is 0 Å². The molecule has 1 N–H and O–H groups in total. The Labute approximate surface area is 77.1 Å². The lowest BCUT2D eigenvalue weighted by atomic mass is 10.1. The Balaban J connectivity index is 2.21. The molecule has 70 valence electrons. The minimum Gasteiger partial charge on any atom is -0.480 e. The van der Waals surface area contributed by atoms with Crippen LogP contribution in [-0.2, 0) is 4.79 Å². The smallest absolute Gasteiger partial charge is 0.317 e. The van der Waals surface area contributed by atoms with Gasteiger partial charge in [-0.15, -0.1) is 0 Å². The summed E-state index contributed by atoms with van der Waals surface area (Å²) in [7, 11) is 0. The van der Waals surface area contributed by atoms with E-state index in [9.17, 15) is 4.79 Å². The maximum atomic E-state index is 10.4. The van der Waals surface area contributed by atoms with Gasteiger partial charge >= 0.3 is 5.97 Å². The van der Waals surface area contributed by atoms with Crippen molar-refractivity contribution in [2.24, 2.45) is 0 Å². The van der Waals surface area contributed by atoms with Gasteiger partial charge in [-0.3, -0.25) is 9.69 Å². The van der Waals surface area contributed by atoms with Crippen molar-refractivity contribution in [2.75, 3.05) is 25.9 Å². The van der Waals surface area contributed by atoms with Crippen molar-refractivity contribution in [3.8, 4) is 0 Å². The van der Waals surface area contributed by atoms with Crippen LogP contribution in [0.5, 0.6) is 0 Å². The number of hydrogen-bond acceptors (Lipinski definition) is 3. The molecule has 1 aliphatic heterocycles. The van der Waals surface area contributed by atoms with E-state index < -0.39 is 5.97 Å². The quantitative estimate of drug-likeness (QED) is 0.716. The van der Waals surface area contributed by atoms with E-state index in [-0.39, 0.29) is 6.54 Å². The van der Waals surface area contributed by atoms with Gasteiger partial charge in [-0.2, -0.15) is 11.8 Å². The van der Waals surface area contributed by atoms with Gasteiger partial charge in [-0.1, -0.05) is 0 Å². The molecule has 0 amide bonds. The van der Waals surface area contributed by atoms with Crippen LogP contribution in [0.1, 0.15) is 12.8 Å². The van der Waals surface area contributed by atoms with Crippen LogP contribution in [0.25, 0.3) is 0 Å². The topological polar surface area (TPSA) is 40.5 Å². The van der Waals surface area contributed by atoms with Crippen molar-refractivity contribution >= 4 is 17.7 Å².